The number of hydrogen-bond acceptors (Lipinski definition) is 3. The molecule has 0 unspecified atom stereocenters. The van der Waals surface area contributed by atoms with Crippen molar-refractivity contribution in [3.63, 3.8) is 0 Å². The van der Waals surface area contributed by atoms with Crippen molar-refractivity contribution in [1.82, 2.24) is 9.80 Å². The molecule has 0 aromatic heterocycles. The Morgan fingerprint density at radius 3 is 2.79 bits per heavy atom. The minimum absolute atomic E-state index is 0.0218. The topological polar surface area (TPSA) is 44.8 Å². The highest BCUT2D eigenvalue weighted by Crippen LogP contribution is 2.17. The van der Waals surface area contributed by atoms with Crippen LogP contribution >= 0.6 is 0 Å². The lowest BCUT2D eigenvalue weighted by Crippen LogP contribution is -2.35. The third-order valence-corrected chi connectivity index (χ3v) is 5.03. The lowest BCUT2D eigenvalue weighted by Gasteiger charge is -2.26. The van der Waals surface area contributed by atoms with Gasteiger partial charge >= 0.3 is 6.03 Å². The van der Waals surface area contributed by atoms with Crippen molar-refractivity contribution in [1.29, 1.82) is 0 Å². The first kappa shape index (κ1) is 17.2. The van der Waals surface area contributed by atoms with E-state index in [-0.39, 0.29) is 12.1 Å². The second-order valence-corrected chi connectivity index (χ2v) is 6.87. The molecule has 0 aliphatic carbocycles. The van der Waals surface area contributed by atoms with Gasteiger partial charge in [-0.3, -0.25) is 0 Å². The number of likely N-dealkylation sites (tertiary alicyclic amines) is 2. The minimum atomic E-state index is -0.0218. The van der Waals surface area contributed by atoms with Crippen LogP contribution in [0.15, 0.2) is 24.3 Å². The molecule has 1 aromatic carbocycles. The van der Waals surface area contributed by atoms with Crippen molar-refractivity contribution in [2.24, 2.45) is 0 Å². The Hall–Kier alpha value is -1.59. The number of amides is 2. The molecule has 24 heavy (non-hydrogen) atoms. The molecule has 0 spiro atoms. The summed E-state index contributed by atoms with van der Waals surface area (Å²) in [4.78, 5) is 16.7. The number of carbonyl (C=O) groups excluding carboxylic acids is 1. The fourth-order valence-corrected chi connectivity index (χ4v) is 3.49. The molecular weight excluding hydrogens is 302 g/mol. The number of hydrogen-bond donors (Lipinski definition) is 1. The average Bonchev–Trinajstić information content (AvgIpc) is 3.07. The highest BCUT2D eigenvalue weighted by Gasteiger charge is 2.27. The van der Waals surface area contributed by atoms with E-state index >= 15 is 0 Å². The van der Waals surface area contributed by atoms with Crippen LogP contribution in [0.2, 0.25) is 0 Å². The Balaban J connectivity index is 1.38. The Labute approximate surface area is 145 Å². The molecule has 132 valence electrons. The van der Waals surface area contributed by atoms with Crippen molar-refractivity contribution in [2.45, 2.75) is 38.7 Å². The molecule has 1 aromatic rings. The first-order chi connectivity index (χ1) is 11.7. The van der Waals surface area contributed by atoms with Crippen LogP contribution in [-0.2, 0) is 4.74 Å². The number of nitrogens with one attached hydrogen (secondary N) is 1. The van der Waals surface area contributed by atoms with E-state index in [0.29, 0.717) is 6.54 Å². The van der Waals surface area contributed by atoms with E-state index in [1.807, 2.05) is 36.1 Å². The van der Waals surface area contributed by atoms with Gasteiger partial charge in [0.25, 0.3) is 0 Å². The van der Waals surface area contributed by atoms with Gasteiger partial charge in [0.1, 0.15) is 0 Å². The number of anilines is 1. The minimum Gasteiger partial charge on any atom is -0.375 e. The van der Waals surface area contributed by atoms with Crippen LogP contribution in [0.3, 0.4) is 0 Å². The van der Waals surface area contributed by atoms with Gasteiger partial charge in [0, 0.05) is 25.3 Å². The van der Waals surface area contributed by atoms with Gasteiger partial charge in [0.05, 0.1) is 12.7 Å². The molecule has 0 radical (unpaired) electrons. The first-order valence-electron chi connectivity index (χ1n) is 9.18. The summed E-state index contributed by atoms with van der Waals surface area (Å²) in [6, 6.07) is 7.85. The van der Waals surface area contributed by atoms with Crippen LogP contribution in [-0.4, -0.2) is 61.3 Å². The largest absolute Gasteiger partial charge is 0.375 e. The zero-order valence-electron chi connectivity index (χ0n) is 14.7. The van der Waals surface area contributed by atoms with Crippen LogP contribution < -0.4 is 5.32 Å². The zero-order chi connectivity index (χ0) is 16.8. The monoisotopic (exact) mass is 331 g/mol. The fraction of sp³-hybridized carbons (Fsp3) is 0.632. The summed E-state index contributed by atoms with van der Waals surface area (Å²) in [5.41, 5.74) is 1.97. The average molecular weight is 331 g/mol. The van der Waals surface area contributed by atoms with Crippen LogP contribution in [0.25, 0.3) is 0 Å². The Morgan fingerprint density at radius 1 is 1.21 bits per heavy atom. The molecule has 2 amide bonds. The molecule has 3 rings (SSSR count). The number of aryl methyl sites for hydroxylation is 1. The van der Waals surface area contributed by atoms with Gasteiger partial charge in [-0.25, -0.2) is 4.79 Å². The third-order valence-electron chi connectivity index (χ3n) is 5.03. The van der Waals surface area contributed by atoms with Gasteiger partial charge in [-0.1, -0.05) is 24.6 Å². The van der Waals surface area contributed by atoms with E-state index in [9.17, 15) is 4.79 Å². The van der Waals surface area contributed by atoms with Gasteiger partial charge in [-0.05, 0) is 50.9 Å². The summed E-state index contributed by atoms with van der Waals surface area (Å²) >= 11 is 0. The van der Waals surface area contributed by atoms with Gasteiger partial charge in [-0.15, -0.1) is 0 Å². The molecule has 2 aliphatic rings. The molecule has 0 bridgehead atoms. The van der Waals surface area contributed by atoms with Crippen LogP contribution in [0.1, 0.15) is 31.2 Å². The third kappa shape index (κ3) is 4.71. The van der Waals surface area contributed by atoms with Crippen LogP contribution in [0.4, 0.5) is 10.5 Å². The van der Waals surface area contributed by atoms with Crippen LogP contribution in [0, 0.1) is 6.92 Å². The second-order valence-electron chi connectivity index (χ2n) is 6.87. The number of carbonyl (C=O) groups is 1. The maximum atomic E-state index is 12.4. The SMILES string of the molecule is Cc1ccccc1NC(=O)N1CC[C@H](OCCN2CCCCC2)C1. The normalized spacial score (nSPS) is 21.9. The molecular formula is C19H29N3O2. The zero-order valence-corrected chi connectivity index (χ0v) is 14.7. The van der Waals surface area contributed by atoms with E-state index < -0.39 is 0 Å². The number of rotatable bonds is 5. The summed E-state index contributed by atoms with van der Waals surface area (Å²) in [6.45, 7) is 7.68. The Morgan fingerprint density at radius 2 is 2.00 bits per heavy atom. The molecule has 2 aliphatic heterocycles. The highest BCUT2D eigenvalue weighted by atomic mass is 16.5. The molecule has 2 fully saturated rings. The predicted octanol–water partition coefficient (Wildman–Crippen LogP) is 3.10. The summed E-state index contributed by atoms with van der Waals surface area (Å²) < 4.78 is 6.00. The predicted molar refractivity (Wildman–Crippen MR) is 96.4 cm³/mol. The lowest BCUT2D eigenvalue weighted by atomic mass is 10.1. The quantitative estimate of drug-likeness (QED) is 0.902. The molecule has 1 atom stereocenters. The van der Waals surface area contributed by atoms with E-state index in [4.69, 9.17) is 4.74 Å². The van der Waals surface area contributed by atoms with Crippen LogP contribution in [0.5, 0.6) is 0 Å². The first-order valence-corrected chi connectivity index (χ1v) is 9.18. The lowest BCUT2D eigenvalue weighted by molar-refractivity contribution is 0.0416. The van der Waals surface area contributed by atoms with Gasteiger partial charge < -0.3 is 19.9 Å². The number of benzene rings is 1. The van der Waals surface area contributed by atoms with Crippen molar-refractivity contribution in [3.8, 4) is 0 Å². The molecule has 5 heteroatoms. The molecule has 2 saturated heterocycles. The second kappa shape index (κ2) is 8.49. The number of para-hydroxylation sites is 1. The van der Waals surface area contributed by atoms with E-state index in [1.165, 1.54) is 32.4 Å². The van der Waals surface area contributed by atoms with E-state index in [2.05, 4.69) is 10.2 Å². The fourth-order valence-electron chi connectivity index (χ4n) is 3.49. The Kier molecular flexibility index (Phi) is 6.10. The maximum absolute atomic E-state index is 12.4. The number of piperidine rings is 1. The van der Waals surface area contributed by atoms with Gasteiger partial charge in [0.15, 0.2) is 0 Å². The van der Waals surface area contributed by atoms with Crippen molar-refractivity contribution < 1.29 is 9.53 Å². The summed E-state index contributed by atoms with van der Waals surface area (Å²) in [5, 5.41) is 3.00. The molecule has 1 N–H and O–H groups in total. The number of ether oxygens (including phenoxy) is 1. The van der Waals surface area contributed by atoms with E-state index in [1.54, 1.807) is 0 Å². The smallest absolute Gasteiger partial charge is 0.321 e. The molecule has 2 heterocycles. The maximum Gasteiger partial charge on any atom is 0.321 e. The van der Waals surface area contributed by atoms with Crippen molar-refractivity contribution >= 4 is 11.7 Å². The summed E-state index contributed by atoms with van der Waals surface area (Å²) in [5.74, 6) is 0. The highest BCUT2D eigenvalue weighted by molar-refractivity contribution is 5.90. The number of nitrogens with zero attached hydrogens (tertiary/aromatic N) is 2. The Bertz CT molecular complexity index is 543. The number of urea groups is 1. The van der Waals surface area contributed by atoms with Crippen molar-refractivity contribution in [2.75, 3.05) is 44.6 Å². The molecule has 5 nitrogen and oxygen atoms in total. The van der Waals surface area contributed by atoms with Gasteiger partial charge in [0.2, 0.25) is 0 Å². The molecule has 0 saturated carbocycles. The van der Waals surface area contributed by atoms with Crippen molar-refractivity contribution in [3.05, 3.63) is 29.8 Å². The summed E-state index contributed by atoms with van der Waals surface area (Å²) in [7, 11) is 0. The summed E-state index contributed by atoms with van der Waals surface area (Å²) in [6.07, 6.45) is 5.11. The van der Waals surface area contributed by atoms with Gasteiger partial charge in [-0.2, -0.15) is 0 Å². The van der Waals surface area contributed by atoms with E-state index in [0.717, 1.165) is 37.4 Å². The standard InChI is InChI=1S/C19H29N3O2/c1-16-7-3-4-8-18(16)20-19(23)22-12-9-17(15-22)24-14-13-21-10-5-2-6-11-21/h3-4,7-8,17H,2,5-6,9-15H2,1H3,(H,20,23)/t17-/m0/s1.